The molecule has 0 saturated carbocycles. The summed E-state index contributed by atoms with van der Waals surface area (Å²) < 4.78 is 10.7. The molecule has 1 atom stereocenters. The molecule has 0 bridgehead atoms. The number of amides is 1. The van der Waals surface area contributed by atoms with Crippen molar-refractivity contribution in [2.45, 2.75) is 19.4 Å². The minimum absolute atomic E-state index is 0.301. The Bertz CT molecular complexity index is 1040. The van der Waals surface area contributed by atoms with Gasteiger partial charge in [-0.2, -0.15) is 0 Å². The molecule has 1 aromatic heterocycles. The average Bonchev–Trinajstić information content (AvgIpc) is 3.14. The number of hydrogen-bond acceptors (Lipinski definition) is 4. The highest BCUT2D eigenvalue weighted by molar-refractivity contribution is 5.97. The molecular weight excluding hydrogens is 384 g/mol. The number of rotatable bonds is 8. The molecule has 0 aliphatic heterocycles. The topological polar surface area (TPSA) is 101 Å². The highest BCUT2D eigenvalue weighted by Crippen LogP contribution is 2.36. The second-order valence-corrected chi connectivity index (χ2v) is 6.79. The Balaban J connectivity index is 1.92. The number of carboxylic acids is 1. The van der Waals surface area contributed by atoms with Gasteiger partial charge in [0.25, 0.3) is 5.91 Å². The highest BCUT2D eigenvalue weighted by Gasteiger charge is 2.25. The maximum Gasteiger partial charge on any atom is 0.305 e. The summed E-state index contributed by atoms with van der Waals surface area (Å²) in [7, 11) is 2.98. The van der Waals surface area contributed by atoms with Crippen molar-refractivity contribution < 1.29 is 24.2 Å². The maximum absolute atomic E-state index is 13.0. The number of carbonyl (C=O) groups is 2. The molecule has 1 amide bonds. The van der Waals surface area contributed by atoms with Crippen LogP contribution in [0.15, 0.2) is 54.6 Å². The summed E-state index contributed by atoms with van der Waals surface area (Å²) >= 11 is 0. The Labute approximate surface area is 174 Å². The van der Waals surface area contributed by atoms with Crippen molar-refractivity contribution in [1.29, 1.82) is 0 Å². The SMILES string of the molecule is COc1cccc([C@H](CC(=O)O)NC(=O)c2cc(-c3ccccc3)[nH]c2C)c1OC. The van der Waals surface area contributed by atoms with E-state index in [0.717, 1.165) is 11.3 Å². The Morgan fingerprint density at radius 3 is 2.43 bits per heavy atom. The smallest absolute Gasteiger partial charge is 0.305 e. The summed E-state index contributed by atoms with van der Waals surface area (Å²) in [5.41, 5.74) is 3.44. The molecule has 0 spiro atoms. The monoisotopic (exact) mass is 408 g/mol. The van der Waals surface area contributed by atoms with Crippen LogP contribution in [-0.2, 0) is 4.79 Å². The number of aromatic nitrogens is 1. The van der Waals surface area contributed by atoms with Crippen molar-refractivity contribution in [3.05, 3.63) is 71.4 Å². The largest absolute Gasteiger partial charge is 0.493 e. The maximum atomic E-state index is 13.0. The van der Waals surface area contributed by atoms with Gasteiger partial charge in [0.1, 0.15) is 0 Å². The standard InChI is InChI=1S/C23H24N2O5/c1-14-17(12-18(24-14)15-8-5-4-6-9-15)23(28)25-19(13-21(26)27)16-10-7-11-20(29-2)22(16)30-3/h4-12,19,24H,13H2,1-3H3,(H,25,28)(H,26,27)/t19-/m0/s1. The number of H-pyrrole nitrogens is 1. The lowest BCUT2D eigenvalue weighted by atomic mass is 10.0. The van der Waals surface area contributed by atoms with Crippen molar-refractivity contribution in [3.8, 4) is 22.8 Å². The number of aliphatic carboxylic acids is 1. The summed E-state index contributed by atoms with van der Waals surface area (Å²) in [6, 6.07) is 15.8. The van der Waals surface area contributed by atoms with Crippen LogP contribution < -0.4 is 14.8 Å². The van der Waals surface area contributed by atoms with E-state index in [1.807, 2.05) is 30.3 Å². The second-order valence-electron chi connectivity index (χ2n) is 6.79. The first-order valence-electron chi connectivity index (χ1n) is 9.43. The molecule has 7 nitrogen and oxygen atoms in total. The molecule has 3 aromatic rings. The molecule has 0 aliphatic carbocycles. The minimum Gasteiger partial charge on any atom is -0.493 e. The van der Waals surface area contributed by atoms with Crippen molar-refractivity contribution in [2.24, 2.45) is 0 Å². The first-order valence-corrected chi connectivity index (χ1v) is 9.43. The van der Waals surface area contributed by atoms with Gasteiger partial charge in [-0.3, -0.25) is 9.59 Å². The number of aromatic amines is 1. The van der Waals surface area contributed by atoms with Gasteiger partial charge in [-0.15, -0.1) is 0 Å². The second kappa shape index (κ2) is 9.17. The minimum atomic E-state index is -1.04. The van der Waals surface area contributed by atoms with Crippen LogP contribution in [0.5, 0.6) is 11.5 Å². The van der Waals surface area contributed by atoms with Crippen molar-refractivity contribution in [3.63, 3.8) is 0 Å². The van der Waals surface area contributed by atoms with Gasteiger partial charge >= 0.3 is 5.97 Å². The molecule has 7 heteroatoms. The van der Waals surface area contributed by atoms with E-state index < -0.39 is 12.0 Å². The number of ether oxygens (including phenoxy) is 2. The third kappa shape index (κ3) is 4.46. The Kier molecular flexibility index (Phi) is 6.41. The van der Waals surface area contributed by atoms with Crippen LogP contribution in [0.25, 0.3) is 11.3 Å². The number of aryl methyl sites for hydroxylation is 1. The molecule has 3 rings (SSSR count). The zero-order valence-electron chi connectivity index (χ0n) is 17.1. The molecule has 1 heterocycles. The lowest BCUT2D eigenvalue weighted by molar-refractivity contribution is -0.137. The number of hydrogen-bond donors (Lipinski definition) is 3. The molecule has 156 valence electrons. The van der Waals surface area contributed by atoms with Gasteiger partial charge in [0.05, 0.1) is 32.2 Å². The van der Waals surface area contributed by atoms with Gasteiger partial charge < -0.3 is 24.9 Å². The Morgan fingerprint density at radius 2 is 1.80 bits per heavy atom. The van der Waals surface area contributed by atoms with Crippen LogP contribution in [0, 0.1) is 6.92 Å². The van der Waals surface area contributed by atoms with Crippen LogP contribution >= 0.6 is 0 Å². The fraction of sp³-hybridized carbons (Fsp3) is 0.217. The Morgan fingerprint density at radius 1 is 1.07 bits per heavy atom. The van der Waals surface area contributed by atoms with E-state index >= 15 is 0 Å². The molecule has 0 aliphatic rings. The average molecular weight is 408 g/mol. The van der Waals surface area contributed by atoms with E-state index in [4.69, 9.17) is 9.47 Å². The van der Waals surface area contributed by atoms with Crippen LogP contribution in [0.2, 0.25) is 0 Å². The Hall–Kier alpha value is -3.74. The predicted molar refractivity (Wildman–Crippen MR) is 113 cm³/mol. The summed E-state index contributed by atoms with van der Waals surface area (Å²) in [6.45, 7) is 1.81. The number of benzene rings is 2. The van der Waals surface area contributed by atoms with Crippen LogP contribution in [0.3, 0.4) is 0 Å². The van der Waals surface area contributed by atoms with Crippen molar-refractivity contribution in [2.75, 3.05) is 14.2 Å². The van der Waals surface area contributed by atoms with Gasteiger partial charge in [-0.1, -0.05) is 42.5 Å². The van der Waals surface area contributed by atoms with Crippen LogP contribution in [-0.4, -0.2) is 36.2 Å². The van der Waals surface area contributed by atoms with Gasteiger partial charge in [0.15, 0.2) is 11.5 Å². The van der Waals surface area contributed by atoms with E-state index in [2.05, 4.69) is 10.3 Å². The lowest BCUT2D eigenvalue weighted by Crippen LogP contribution is -2.30. The summed E-state index contributed by atoms with van der Waals surface area (Å²) in [6.07, 6.45) is -0.301. The number of carboxylic acid groups (broad SMARTS) is 1. The van der Waals surface area contributed by atoms with E-state index in [-0.39, 0.29) is 12.3 Å². The van der Waals surface area contributed by atoms with E-state index in [1.165, 1.54) is 14.2 Å². The predicted octanol–water partition coefficient (Wildman–Crippen LogP) is 3.95. The quantitative estimate of drug-likeness (QED) is 0.524. The molecular formula is C23H24N2O5. The fourth-order valence-electron chi connectivity index (χ4n) is 3.40. The van der Waals surface area contributed by atoms with E-state index in [1.54, 1.807) is 31.2 Å². The van der Waals surface area contributed by atoms with E-state index in [0.29, 0.717) is 28.3 Å². The zero-order valence-corrected chi connectivity index (χ0v) is 17.1. The molecule has 0 unspecified atom stereocenters. The van der Waals surface area contributed by atoms with Gasteiger partial charge in [-0.25, -0.2) is 0 Å². The third-order valence-electron chi connectivity index (χ3n) is 4.84. The normalized spacial score (nSPS) is 11.6. The molecule has 0 saturated heterocycles. The first kappa shape index (κ1) is 21.0. The summed E-state index contributed by atoms with van der Waals surface area (Å²) in [5.74, 6) is -0.561. The number of nitrogens with one attached hydrogen (secondary N) is 2. The lowest BCUT2D eigenvalue weighted by Gasteiger charge is -2.21. The molecule has 0 radical (unpaired) electrons. The molecule has 2 aromatic carbocycles. The zero-order chi connectivity index (χ0) is 21.7. The van der Waals surface area contributed by atoms with Crippen molar-refractivity contribution >= 4 is 11.9 Å². The number of methoxy groups -OCH3 is 2. The fourth-order valence-corrected chi connectivity index (χ4v) is 3.40. The molecule has 0 fully saturated rings. The van der Waals surface area contributed by atoms with Gasteiger partial charge in [0.2, 0.25) is 0 Å². The third-order valence-corrected chi connectivity index (χ3v) is 4.84. The van der Waals surface area contributed by atoms with Gasteiger partial charge in [0, 0.05) is 17.0 Å². The summed E-state index contributed by atoms with van der Waals surface area (Å²) in [4.78, 5) is 27.7. The first-order chi connectivity index (χ1) is 14.4. The van der Waals surface area contributed by atoms with Gasteiger partial charge in [-0.05, 0) is 24.6 Å². The van der Waals surface area contributed by atoms with Crippen LogP contribution in [0.1, 0.15) is 34.1 Å². The molecule has 30 heavy (non-hydrogen) atoms. The van der Waals surface area contributed by atoms with Crippen molar-refractivity contribution in [1.82, 2.24) is 10.3 Å². The number of para-hydroxylation sites is 1. The van der Waals surface area contributed by atoms with Crippen LogP contribution in [0.4, 0.5) is 0 Å². The molecule has 3 N–H and O–H groups in total. The summed E-state index contributed by atoms with van der Waals surface area (Å²) in [5, 5.41) is 12.2. The highest BCUT2D eigenvalue weighted by atomic mass is 16.5. The van der Waals surface area contributed by atoms with E-state index in [9.17, 15) is 14.7 Å². The number of carbonyl (C=O) groups excluding carboxylic acids is 1.